The van der Waals surface area contributed by atoms with Crippen molar-refractivity contribution in [2.45, 2.75) is 45.1 Å². The predicted octanol–water partition coefficient (Wildman–Crippen LogP) is 2.46. The van der Waals surface area contributed by atoms with Crippen LogP contribution in [0, 0.1) is 18.8 Å². The molecule has 0 atom stereocenters. The number of thiophene rings is 1. The summed E-state index contributed by atoms with van der Waals surface area (Å²) >= 11 is 1.40. The van der Waals surface area contributed by atoms with Crippen LogP contribution < -0.4 is 5.32 Å². The first-order valence-electron chi connectivity index (χ1n) is 6.71. The van der Waals surface area contributed by atoms with Crippen LogP contribution in [0.1, 0.15) is 52.2 Å². The third-order valence-electron chi connectivity index (χ3n) is 3.36. The molecule has 1 fully saturated rings. The van der Waals surface area contributed by atoms with Crippen LogP contribution in [0.4, 0.5) is 0 Å². The van der Waals surface area contributed by atoms with Gasteiger partial charge in [0.25, 0.3) is 5.91 Å². The molecule has 3 nitrogen and oxygen atoms in total. The van der Waals surface area contributed by atoms with Crippen molar-refractivity contribution in [3.63, 3.8) is 0 Å². The topological polar surface area (TPSA) is 49.3 Å². The average Bonchev–Trinajstić information content (AvgIpc) is 2.79. The van der Waals surface area contributed by atoms with E-state index in [0.29, 0.717) is 10.9 Å². The van der Waals surface area contributed by atoms with Gasteiger partial charge in [0, 0.05) is 6.04 Å². The molecule has 0 unspecified atom stereocenters. The fourth-order valence-electron chi connectivity index (χ4n) is 2.34. The van der Waals surface area contributed by atoms with Crippen molar-refractivity contribution in [3.8, 4) is 11.8 Å². The summed E-state index contributed by atoms with van der Waals surface area (Å²) in [4.78, 5) is 13.7. The zero-order valence-electron chi connectivity index (χ0n) is 11.2. The molecule has 102 valence electrons. The van der Waals surface area contributed by atoms with Crippen molar-refractivity contribution in [1.82, 2.24) is 5.32 Å². The summed E-state index contributed by atoms with van der Waals surface area (Å²) in [7, 11) is 0. The summed E-state index contributed by atoms with van der Waals surface area (Å²) in [6, 6.07) is 2.21. The minimum absolute atomic E-state index is 0.0112. The number of carbonyl (C=O) groups excluding carboxylic acids is 1. The van der Waals surface area contributed by atoms with Crippen molar-refractivity contribution in [2.75, 3.05) is 6.61 Å². The molecule has 4 heteroatoms. The molecule has 19 heavy (non-hydrogen) atoms. The monoisotopic (exact) mass is 277 g/mol. The summed E-state index contributed by atoms with van der Waals surface area (Å²) in [6.07, 6.45) is 5.88. The highest BCUT2D eigenvalue weighted by molar-refractivity contribution is 7.14. The van der Waals surface area contributed by atoms with Crippen LogP contribution in [0.3, 0.4) is 0 Å². The quantitative estimate of drug-likeness (QED) is 0.816. The van der Waals surface area contributed by atoms with E-state index in [4.69, 9.17) is 5.11 Å². The molecule has 2 rings (SSSR count). The Balaban J connectivity index is 2.02. The van der Waals surface area contributed by atoms with E-state index in [9.17, 15) is 4.79 Å². The zero-order valence-corrected chi connectivity index (χ0v) is 12.0. The largest absolute Gasteiger partial charge is 0.384 e. The molecule has 0 spiro atoms. The summed E-state index contributed by atoms with van der Waals surface area (Å²) < 4.78 is 0. The normalized spacial score (nSPS) is 15.7. The van der Waals surface area contributed by atoms with E-state index in [1.807, 2.05) is 13.0 Å². The van der Waals surface area contributed by atoms with Crippen LogP contribution in [0.25, 0.3) is 0 Å². The van der Waals surface area contributed by atoms with Crippen LogP contribution in [0.2, 0.25) is 0 Å². The Morgan fingerprint density at radius 2 is 2.21 bits per heavy atom. The van der Waals surface area contributed by atoms with E-state index in [-0.39, 0.29) is 12.5 Å². The number of aliphatic hydroxyl groups is 1. The van der Waals surface area contributed by atoms with Gasteiger partial charge in [0.2, 0.25) is 0 Å². The van der Waals surface area contributed by atoms with Gasteiger partial charge in [0.1, 0.15) is 6.61 Å². The Hall–Kier alpha value is -1.31. The Kier molecular flexibility index (Phi) is 5.00. The highest BCUT2D eigenvalue weighted by Crippen LogP contribution is 2.22. The lowest BCUT2D eigenvalue weighted by molar-refractivity contribution is 0.0932. The Morgan fingerprint density at radius 3 is 2.89 bits per heavy atom. The molecule has 0 bridgehead atoms. The summed E-state index contributed by atoms with van der Waals surface area (Å²) in [5, 5.41) is 11.8. The molecule has 2 N–H and O–H groups in total. The second-order valence-corrected chi connectivity index (χ2v) is 5.94. The van der Waals surface area contributed by atoms with Gasteiger partial charge in [-0.15, -0.1) is 11.3 Å². The number of nitrogens with one attached hydrogen (secondary N) is 1. The molecule has 0 aliphatic heterocycles. The van der Waals surface area contributed by atoms with Crippen molar-refractivity contribution < 1.29 is 9.90 Å². The lowest BCUT2D eigenvalue weighted by atomic mass is 9.95. The van der Waals surface area contributed by atoms with E-state index in [0.717, 1.165) is 23.3 Å². The van der Waals surface area contributed by atoms with Gasteiger partial charge in [-0.05, 0) is 31.4 Å². The van der Waals surface area contributed by atoms with E-state index in [2.05, 4.69) is 17.2 Å². The number of hydrogen-bond donors (Lipinski definition) is 2. The number of hydrogen-bond acceptors (Lipinski definition) is 3. The fraction of sp³-hybridized carbons (Fsp3) is 0.533. The first-order valence-corrected chi connectivity index (χ1v) is 7.53. The van der Waals surface area contributed by atoms with Crippen molar-refractivity contribution >= 4 is 17.2 Å². The molecule has 1 aromatic rings. The van der Waals surface area contributed by atoms with Gasteiger partial charge in [0.15, 0.2) is 0 Å². The fourth-order valence-corrected chi connectivity index (χ4v) is 3.29. The van der Waals surface area contributed by atoms with Crippen LogP contribution in [0.5, 0.6) is 0 Å². The van der Waals surface area contributed by atoms with Crippen LogP contribution in [-0.2, 0) is 0 Å². The minimum atomic E-state index is -0.152. The summed E-state index contributed by atoms with van der Waals surface area (Å²) in [5.74, 6) is 5.51. The van der Waals surface area contributed by atoms with E-state index >= 15 is 0 Å². The van der Waals surface area contributed by atoms with Gasteiger partial charge >= 0.3 is 0 Å². The number of amides is 1. The molecule has 0 aromatic carbocycles. The maximum absolute atomic E-state index is 12.2. The summed E-state index contributed by atoms with van der Waals surface area (Å²) in [6.45, 7) is 1.79. The standard InChI is InChI=1S/C15H19NO2S/c1-11-10-14(19-13(11)8-5-9-17)15(18)16-12-6-3-2-4-7-12/h10,12,17H,2-4,6-7,9H2,1H3,(H,16,18). The van der Waals surface area contributed by atoms with E-state index in [1.54, 1.807) is 0 Å². The van der Waals surface area contributed by atoms with E-state index < -0.39 is 0 Å². The Labute approximate surface area is 118 Å². The minimum Gasteiger partial charge on any atom is -0.384 e. The van der Waals surface area contributed by atoms with Crippen LogP contribution in [0.15, 0.2) is 6.07 Å². The number of aryl methyl sites for hydroxylation is 1. The molecular formula is C15H19NO2S. The Morgan fingerprint density at radius 1 is 1.47 bits per heavy atom. The highest BCUT2D eigenvalue weighted by Gasteiger charge is 2.18. The van der Waals surface area contributed by atoms with Gasteiger partial charge in [-0.2, -0.15) is 0 Å². The predicted molar refractivity (Wildman–Crippen MR) is 77.4 cm³/mol. The number of carbonyl (C=O) groups is 1. The molecule has 1 amide bonds. The molecule has 1 heterocycles. The van der Waals surface area contributed by atoms with Gasteiger partial charge < -0.3 is 10.4 Å². The summed E-state index contributed by atoms with van der Waals surface area (Å²) in [5.41, 5.74) is 1.000. The second-order valence-electron chi connectivity index (χ2n) is 4.89. The third kappa shape index (κ3) is 3.82. The lowest BCUT2D eigenvalue weighted by Crippen LogP contribution is -2.35. The SMILES string of the molecule is Cc1cc(C(=O)NC2CCCCC2)sc1C#CCO. The van der Waals surface area contributed by atoms with Crippen LogP contribution >= 0.6 is 11.3 Å². The highest BCUT2D eigenvalue weighted by atomic mass is 32.1. The molecule has 1 aliphatic rings. The maximum atomic E-state index is 12.2. The average molecular weight is 277 g/mol. The smallest absolute Gasteiger partial charge is 0.261 e. The zero-order chi connectivity index (χ0) is 13.7. The van der Waals surface area contributed by atoms with Crippen molar-refractivity contribution in [1.29, 1.82) is 0 Å². The number of aliphatic hydroxyl groups excluding tert-OH is 1. The number of rotatable bonds is 2. The second kappa shape index (κ2) is 6.74. The third-order valence-corrected chi connectivity index (χ3v) is 4.51. The molecular weight excluding hydrogens is 258 g/mol. The van der Waals surface area contributed by atoms with Crippen molar-refractivity contribution in [3.05, 3.63) is 21.4 Å². The van der Waals surface area contributed by atoms with Crippen LogP contribution in [-0.4, -0.2) is 23.7 Å². The lowest BCUT2D eigenvalue weighted by Gasteiger charge is -2.22. The Bertz CT molecular complexity index is 504. The van der Waals surface area contributed by atoms with Crippen molar-refractivity contribution in [2.24, 2.45) is 0 Å². The molecule has 1 saturated carbocycles. The van der Waals surface area contributed by atoms with Gasteiger partial charge in [-0.3, -0.25) is 4.79 Å². The molecule has 1 aromatic heterocycles. The van der Waals surface area contributed by atoms with Gasteiger partial charge in [-0.1, -0.05) is 31.1 Å². The van der Waals surface area contributed by atoms with Gasteiger partial charge in [0.05, 0.1) is 9.75 Å². The molecule has 1 aliphatic carbocycles. The first kappa shape index (κ1) is 14.1. The van der Waals surface area contributed by atoms with Gasteiger partial charge in [-0.25, -0.2) is 0 Å². The van der Waals surface area contributed by atoms with E-state index in [1.165, 1.54) is 30.6 Å². The maximum Gasteiger partial charge on any atom is 0.261 e. The molecule has 0 radical (unpaired) electrons. The first-order chi connectivity index (χ1) is 9.20. The molecule has 0 saturated heterocycles.